The van der Waals surface area contributed by atoms with Gasteiger partial charge < -0.3 is 9.47 Å². The van der Waals surface area contributed by atoms with E-state index in [1.54, 1.807) is 6.92 Å². The van der Waals surface area contributed by atoms with Crippen molar-refractivity contribution in [1.82, 2.24) is 0 Å². The van der Waals surface area contributed by atoms with Crippen molar-refractivity contribution in [3.8, 4) is 5.75 Å². The Morgan fingerprint density at radius 1 is 1.30 bits per heavy atom. The van der Waals surface area contributed by atoms with Gasteiger partial charge in [0.1, 0.15) is 5.92 Å². The summed E-state index contributed by atoms with van der Waals surface area (Å²) in [6, 6.07) is 3.81. The van der Waals surface area contributed by atoms with Gasteiger partial charge in [0, 0.05) is 5.56 Å². The van der Waals surface area contributed by atoms with Crippen LogP contribution in [0.2, 0.25) is 0 Å². The minimum atomic E-state index is -0.852. The van der Waals surface area contributed by atoms with Crippen LogP contribution in [0.1, 0.15) is 37.0 Å². The van der Waals surface area contributed by atoms with Gasteiger partial charge in [-0.3, -0.25) is 9.59 Å². The van der Waals surface area contributed by atoms with Crippen LogP contribution in [0, 0.1) is 11.7 Å². The Morgan fingerprint density at radius 2 is 2.00 bits per heavy atom. The number of hydrogen-bond acceptors (Lipinski definition) is 4. The Morgan fingerprint density at radius 3 is 2.55 bits per heavy atom. The SMILES string of the molecule is CCCC(C(=O)OCC)C(=O)c1ccc(F)c(OC)c1. The molecule has 1 atom stereocenters. The number of rotatable bonds is 7. The third kappa shape index (κ3) is 3.79. The highest BCUT2D eigenvalue weighted by Crippen LogP contribution is 2.22. The summed E-state index contributed by atoms with van der Waals surface area (Å²) in [7, 11) is 1.32. The van der Waals surface area contributed by atoms with Gasteiger partial charge in [-0.15, -0.1) is 0 Å². The van der Waals surface area contributed by atoms with Crippen molar-refractivity contribution >= 4 is 11.8 Å². The molecule has 110 valence electrons. The predicted molar refractivity (Wildman–Crippen MR) is 72.3 cm³/mol. The number of hydrogen-bond donors (Lipinski definition) is 0. The summed E-state index contributed by atoms with van der Waals surface area (Å²) in [5.74, 6) is -2.33. The summed E-state index contributed by atoms with van der Waals surface area (Å²) < 4.78 is 23.1. The second-order valence-electron chi connectivity index (χ2n) is 4.31. The van der Waals surface area contributed by atoms with Gasteiger partial charge in [0.05, 0.1) is 13.7 Å². The zero-order valence-electron chi connectivity index (χ0n) is 11.9. The predicted octanol–water partition coefficient (Wildman–Crippen LogP) is 3.00. The molecule has 1 aromatic rings. The maximum atomic E-state index is 13.3. The second kappa shape index (κ2) is 7.62. The van der Waals surface area contributed by atoms with E-state index in [9.17, 15) is 14.0 Å². The van der Waals surface area contributed by atoms with Crippen LogP contribution in [0.4, 0.5) is 4.39 Å². The zero-order chi connectivity index (χ0) is 15.1. The summed E-state index contributed by atoms with van der Waals surface area (Å²) in [6.07, 6.45) is 1.07. The topological polar surface area (TPSA) is 52.6 Å². The van der Waals surface area contributed by atoms with E-state index in [4.69, 9.17) is 9.47 Å². The van der Waals surface area contributed by atoms with Crippen molar-refractivity contribution in [1.29, 1.82) is 0 Å². The molecule has 0 saturated carbocycles. The highest BCUT2D eigenvalue weighted by Gasteiger charge is 2.28. The molecule has 0 fully saturated rings. The van der Waals surface area contributed by atoms with Crippen LogP contribution < -0.4 is 4.74 Å². The molecule has 0 aliphatic heterocycles. The molecule has 0 amide bonds. The average Bonchev–Trinajstić information content (AvgIpc) is 2.44. The number of benzene rings is 1. The van der Waals surface area contributed by atoms with Crippen LogP contribution in [-0.4, -0.2) is 25.5 Å². The number of ketones is 1. The summed E-state index contributed by atoms with van der Waals surface area (Å²) >= 11 is 0. The Kier molecular flexibility index (Phi) is 6.15. The fourth-order valence-corrected chi connectivity index (χ4v) is 1.90. The minimum Gasteiger partial charge on any atom is -0.494 e. The largest absolute Gasteiger partial charge is 0.494 e. The van der Waals surface area contributed by atoms with E-state index in [-0.39, 0.29) is 23.7 Å². The molecule has 1 unspecified atom stereocenters. The van der Waals surface area contributed by atoms with Crippen LogP contribution in [0.25, 0.3) is 0 Å². The number of methoxy groups -OCH3 is 1. The Bertz CT molecular complexity index is 485. The van der Waals surface area contributed by atoms with Gasteiger partial charge in [-0.1, -0.05) is 13.3 Å². The molecule has 5 heteroatoms. The first-order valence-corrected chi connectivity index (χ1v) is 6.59. The molecule has 0 bridgehead atoms. The van der Waals surface area contributed by atoms with Gasteiger partial charge in [0.15, 0.2) is 17.3 Å². The zero-order valence-corrected chi connectivity index (χ0v) is 11.9. The van der Waals surface area contributed by atoms with Crippen molar-refractivity contribution < 1.29 is 23.5 Å². The van der Waals surface area contributed by atoms with Crippen molar-refractivity contribution in [2.75, 3.05) is 13.7 Å². The fourth-order valence-electron chi connectivity index (χ4n) is 1.90. The minimum absolute atomic E-state index is 0.0186. The van der Waals surface area contributed by atoms with Crippen LogP contribution >= 0.6 is 0 Å². The molecular formula is C15H19FO4. The van der Waals surface area contributed by atoms with Crippen molar-refractivity contribution in [2.24, 2.45) is 5.92 Å². The maximum Gasteiger partial charge on any atom is 0.316 e. The molecule has 1 aromatic carbocycles. The quantitative estimate of drug-likeness (QED) is 0.438. The number of esters is 1. The Balaban J connectivity index is 3.02. The summed E-state index contributed by atoms with van der Waals surface area (Å²) in [4.78, 5) is 24.2. The first-order chi connectivity index (χ1) is 9.54. The highest BCUT2D eigenvalue weighted by atomic mass is 19.1. The first kappa shape index (κ1) is 16.1. The third-order valence-corrected chi connectivity index (χ3v) is 2.90. The lowest BCUT2D eigenvalue weighted by Gasteiger charge is -2.14. The molecule has 0 aliphatic carbocycles. The maximum absolute atomic E-state index is 13.3. The Hall–Kier alpha value is -1.91. The average molecular weight is 282 g/mol. The van der Waals surface area contributed by atoms with Crippen LogP contribution in [-0.2, 0) is 9.53 Å². The molecule has 0 heterocycles. The molecule has 1 rings (SSSR count). The molecule has 20 heavy (non-hydrogen) atoms. The second-order valence-corrected chi connectivity index (χ2v) is 4.31. The number of carbonyl (C=O) groups is 2. The van der Waals surface area contributed by atoms with Gasteiger partial charge in [0.2, 0.25) is 0 Å². The smallest absolute Gasteiger partial charge is 0.316 e. The molecule has 0 aliphatic rings. The lowest BCUT2D eigenvalue weighted by Crippen LogP contribution is -2.26. The van der Waals surface area contributed by atoms with Crippen LogP contribution in [0.3, 0.4) is 0 Å². The molecule has 0 aromatic heterocycles. The molecule has 4 nitrogen and oxygen atoms in total. The number of ether oxygens (including phenoxy) is 2. The standard InChI is InChI=1S/C15H19FO4/c1-4-6-11(15(18)20-5-2)14(17)10-7-8-12(16)13(9-10)19-3/h7-9,11H,4-6H2,1-3H3. The van der Waals surface area contributed by atoms with Crippen LogP contribution in [0.15, 0.2) is 18.2 Å². The lowest BCUT2D eigenvalue weighted by atomic mass is 9.93. The number of carbonyl (C=O) groups excluding carboxylic acids is 2. The number of Topliss-reactive ketones (excluding diaryl/α,β-unsaturated/α-hetero) is 1. The molecule has 0 saturated heterocycles. The first-order valence-electron chi connectivity index (χ1n) is 6.59. The number of halogens is 1. The molecular weight excluding hydrogens is 263 g/mol. The van der Waals surface area contributed by atoms with Gasteiger partial charge in [-0.05, 0) is 31.5 Å². The lowest BCUT2D eigenvalue weighted by molar-refractivity contribution is -0.146. The van der Waals surface area contributed by atoms with Crippen molar-refractivity contribution in [3.63, 3.8) is 0 Å². The van der Waals surface area contributed by atoms with E-state index in [1.807, 2.05) is 6.92 Å². The van der Waals surface area contributed by atoms with Gasteiger partial charge >= 0.3 is 5.97 Å². The normalized spacial score (nSPS) is 11.8. The van der Waals surface area contributed by atoms with E-state index < -0.39 is 17.7 Å². The molecule has 0 radical (unpaired) electrons. The highest BCUT2D eigenvalue weighted by molar-refractivity contribution is 6.08. The third-order valence-electron chi connectivity index (χ3n) is 2.90. The van der Waals surface area contributed by atoms with E-state index in [0.29, 0.717) is 12.8 Å². The monoisotopic (exact) mass is 282 g/mol. The van der Waals surface area contributed by atoms with Gasteiger partial charge in [0.25, 0.3) is 0 Å². The Labute approximate surface area is 117 Å². The molecule has 0 spiro atoms. The fraction of sp³-hybridized carbons (Fsp3) is 0.467. The van der Waals surface area contributed by atoms with E-state index >= 15 is 0 Å². The van der Waals surface area contributed by atoms with E-state index in [2.05, 4.69) is 0 Å². The summed E-state index contributed by atoms with van der Waals surface area (Å²) in [6.45, 7) is 3.79. The summed E-state index contributed by atoms with van der Waals surface area (Å²) in [5.41, 5.74) is 0.245. The summed E-state index contributed by atoms with van der Waals surface area (Å²) in [5, 5.41) is 0. The van der Waals surface area contributed by atoms with Crippen molar-refractivity contribution in [3.05, 3.63) is 29.6 Å². The van der Waals surface area contributed by atoms with Gasteiger partial charge in [-0.2, -0.15) is 0 Å². The van der Waals surface area contributed by atoms with E-state index in [0.717, 1.165) is 6.07 Å². The van der Waals surface area contributed by atoms with Crippen LogP contribution in [0.5, 0.6) is 5.75 Å². The van der Waals surface area contributed by atoms with Crippen molar-refractivity contribution in [2.45, 2.75) is 26.7 Å². The molecule has 0 N–H and O–H groups in total. The van der Waals surface area contributed by atoms with Gasteiger partial charge in [-0.25, -0.2) is 4.39 Å². The van der Waals surface area contributed by atoms with E-state index in [1.165, 1.54) is 19.2 Å².